The van der Waals surface area contributed by atoms with Crippen molar-refractivity contribution in [2.45, 2.75) is 38.1 Å². The van der Waals surface area contributed by atoms with Gasteiger partial charge in [0.25, 0.3) is 0 Å². The lowest BCUT2D eigenvalue weighted by atomic mass is 9.89. The second-order valence-corrected chi connectivity index (χ2v) is 10.8. The van der Waals surface area contributed by atoms with E-state index in [0.717, 1.165) is 72.7 Å². The predicted octanol–water partition coefficient (Wildman–Crippen LogP) is 3.42. The van der Waals surface area contributed by atoms with Crippen molar-refractivity contribution in [3.8, 4) is 11.1 Å². The molecule has 3 heterocycles. The standard InChI is InChI=1S/C30H32N8O2/c39-29(21-5-6-27-28(15-21)36-37-35-27)33-25-13-22(14-26(16-25)38-7-9-40-10-8-38)23-17-31-30(32-18-23)34-24-11-19-3-1-2-4-20(19)12-24/h1-4,13-14,16-18,21,24H,5-12,15H2,(H,33,39)(H,31,32,34)(H,35,36,37)/t21-/m0/s1. The second kappa shape index (κ2) is 10.7. The molecule has 3 aliphatic rings. The number of hydrogen-bond donors (Lipinski definition) is 3. The molecule has 2 aliphatic carbocycles. The van der Waals surface area contributed by atoms with E-state index in [1.54, 1.807) is 0 Å². The number of morpholine rings is 1. The molecule has 1 fully saturated rings. The first-order chi connectivity index (χ1) is 19.7. The smallest absolute Gasteiger partial charge is 0.227 e. The van der Waals surface area contributed by atoms with Crippen molar-refractivity contribution >= 4 is 23.2 Å². The Hall–Kier alpha value is -4.31. The highest BCUT2D eigenvalue weighted by Crippen LogP contribution is 2.31. The number of ether oxygens (including phenoxy) is 1. The minimum atomic E-state index is -0.136. The number of carbonyl (C=O) groups excluding carboxylic acids is 1. The lowest BCUT2D eigenvalue weighted by molar-refractivity contribution is -0.120. The summed E-state index contributed by atoms with van der Waals surface area (Å²) in [6.07, 6.45) is 7.82. The van der Waals surface area contributed by atoms with Crippen molar-refractivity contribution in [3.63, 3.8) is 0 Å². The van der Waals surface area contributed by atoms with Crippen molar-refractivity contribution in [3.05, 3.63) is 77.4 Å². The number of nitrogens with zero attached hydrogens (tertiary/aromatic N) is 5. The molecule has 204 valence electrons. The van der Waals surface area contributed by atoms with Crippen LogP contribution in [0.25, 0.3) is 11.1 Å². The summed E-state index contributed by atoms with van der Waals surface area (Å²) in [5.41, 5.74) is 8.38. The van der Waals surface area contributed by atoms with Crippen LogP contribution < -0.4 is 15.5 Å². The van der Waals surface area contributed by atoms with Gasteiger partial charge in [-0.1, -0.05) is 29.5 Å². The summed E-state index contributed by atoms with van der Waals surface area (Å²) in [7, 11) is 0. The molecule has 1 aliphatic heterocycles. The molecular weight excluding hydrogens is 504 g/mol. The summed E-state index contributed by atoms with van der Waals surface area (Å²) in [5.74, 6) is 0.500. The van der Waals surface area contributed by atoms with Crippen LogP contribution in [0, 0.1) is 5.92 Å². The Labute approximate surface area is 232 Å². The zero-order valence-electron chi connectivity index (χ0n) is 22.3. The average molecular weight is 537 g/mol. The highest BCUT2D eigenvalue weighted by Gasteiger charge is 2.27. The summed E-state index contributed by atoms with van der Waals surface area (Å²) < 4.78 is 5.57. The van der Waals surface area contributed by atoms with Crippen molar-refractivity contribution in [2.75, 3.05) is 41.8 Å². The van der Waals surface area contributed by atoms with Crippen LogP contribution in [0.15, 0.2) is 54.9 Å². The number of aryl methyl sites for hydroxylation is 1. The number of amides is 1. The third kappa shape index (κ3) is 5.14. The number of anilines is 3. The van der Waals surface area contributed by atoms with Gasteiger partial charge in [-0.15, -0.1) is 5.10 Å². The van der Waals surface area contributed by atoms with E-state index in [9.17, 15) is 4.79 Å². The molecule has 10 nitrogen and oxygen atoms in total. The van der Waals surface area contributed by atoms with Crippen LogP contribution in [0.5, 0.6) is 0 Å². The van der Waals surface area contributed by atoms with Crippen molar-refractivity contribution in [2.24, 2.45) is 5.92 Å². The summed E-state index contributed by atoms with van der Waals surface area (Å²) >= 11 is 0. The van der Waals surface area contributed by atoms with Gasteiger partial charge in [0, 0.05) is 60.8 Å². The quantitative estimate of drug-likeness (QED) is 0.343. The number of benzene rings is 2. The Bertz CT molecular complexity index is 1490. The minimum absolute atomic E-state index is 0.00656. The highest BCUT2D eigenvalue weighted by molar-refractivity contribution is 5.94. The number of fused-ring (bicyclic) bond motifs is 2. The molecular formula is C30H32N8O2. The number of hydrogen-bond acceptors (Lipinski definition) is 8. The van der Waals surface area contributed by atoms with Crippen LogP contribution in [-0.2, 0) is 35.2 Å². The molecule has 4 aromatic rings. The van der Waals surface area contributed by atoms with Gasteiger partial charge in [0.05, 0.1) is 24.6 Å². The molecule has 40 heavy (non-hydrogen) atoms. The van der Waals surface area contributed by atoms with Gasteiger partial charge in [0.2, 0.25) is 11.9 Å². The van der Waals surface area contributed by atoms with Crippen LogP contribution in [0.4, 0.5) is 17.3 Å². The van der Waals surface area contributed by atoms with E-state index in [4.69, 9.17) is 4.74 Å². The van der Waals surface area contributed by atoms with Crippen LogP contribution >= 0.6 is 0 Å². The van der Waals surface area contributed by atoms with Crippen LogP contribution in [-0.4, -0.2) is 63.6 Å². The lowest BCUT2D eigenvalue weighted by Crippen LogP contribution is -2.36. The molecule has 1 saturated heterocycles. The zero-order chi connectivity index (χ0) is 26.9. The van der Waals surface area contributed by atoms with Gasteiger partial charge in [-0.05, 0) is 60.6 Å². The SMILES string of the molecule is O=C(Nc1cc(-c2cnc(NC3Cc4ccccc4C3)nc2)cc(N2CCOCC2)c1)[C@H]1CCc2[nH]nnc2C1. The third-order valence-electron chi connectivity index (χ3n) is 8.19. The summed E-state index contributed by atoms with van der Waals surface area (Å²) in [6, 6.07) is 15.1. The number of aromatic nitrogens is 5. The third-order valence-corrected chi connectivity index (χ3v) is 8.19. The van der Waals surface area contributed by atoms with Gasteiger partial charge in [0.15, 0.2) is 0 Å². The molecule has 10 heteroatoms. The maximum atomic E-state index is 13.3. The number of rotatable bonds is 6. The Morgan fingerprint density at radius 1 is 0.975 bits per heavy atom. The Kier molecular flexibility index (Phi) is 6.60. The van der Waals surface area contributed by atoms with E-state index < -0.39 is 0 Å². The molecule has 2 aromatic heterocycles. The lowest BCUT2D eigenvalue weighted by Gasteiger charge is -2.30. The summed E-state index contributed by atoms with van der Waals surface area (Å²) in [6.45, 7) is 2.97. The molecule has 1 amide bonds. The van der Waals surface area contributed by atoms with Gasteiger partial charge < -0.3 is 20.3 Å². The summed E-state index contributed by atoms with van der Waals surface area (Å²) in [4.78, 5) is 24.9. The normalized spacial score (nSPS) is 18.7. The first kappa shape index (κ1) is 24.7. The molecule has 0 saturated carbocycles. The van der Waals surface area contributed by atoms with Gasteiger partial charge in [-0.2, -0.15) is 0 Å². The topological polar surface area (TPSA) is 121 Å². The van der Waals surface area contributed by atoms with Crippen molar-refractivity contribution < 1.29 is 9.53 Å². The molecule has 0 spiro atoms. The molecule has 2 aromatic carbocycles. The number of nitrogens with one attached hydrogen (secondary N) is 3. The molecule has 3 N–H and O–H groups in total. The van der Waals surface area contributed by atoms with E-state index in [1.165, 1.54) is 11.1 Å². The molecule has 1 atom stereocenters. The number of carbonyl (C=O) groups is 1. The minimum Gasteiger partial charge on any atom is -0.378 e. The number of H-pyrrole nitrogens is 1. The largest absolute Gasteiger partial charge is 0.378 e. The molecule has 7 rings (SSSR count). The second-order valence-electron chi connectivity index (χ2n) is 10.8. The Balaban J connectivity index is 1.10. The fourth-order valence-electron chi connectivity index (χ4n) is 6.01. The van der Waals surface area contributed by atoms with Gasteiger partial charge in [-0.25, -0.2) is 9.97 Å². The van der Waals surface area contributed by atoms with Gasteiger partial charge in [0.1, 0.15) is 0 Å². The highest BCUT2D eigenvalue weighted by atomic mass is 16.5. The Morgan fingerprint density at radius 2 is 1.75 bits per heavy atom. The van der Waals surface area contributed by atoms with Crippen LogP contribution in [0.3, 0.4) is 0 Å². The first-order valence-corrected chi connectivity index (χ1v) is 14.0. The van der Waals surface area contributed by atoms with E-state index in [2.05, 4.69) is 71.2 Å². The maximum Gasteiger partial charge on any atom is 0.227 e. The fourth-order valence-corrected chi connectivity index (χ4v) is 6.01. The van der Waals surface area contributed by atoms with Crippen LogP contribution in [0.1, 0.15) is 28.9 Å². The first-order valence-electron chi connectivity index (χ1n) is 14.0. The summed E-state index contributed by atoms with van der Waals surface area (Å²) in [5, 5.41) is 17.7. The van der Waals surface area contributed by atoms with Crippen molar-refractivity contribution in [1.29, 1.82) is 0 Å². The maximum absolute atomic E-state index is 13.3. The van der Waals surface area contributed by atoms with Gasteiger partial charge >= 0.3 is 0 Å². The average Bonchev–Trinajstić information content (AvgIpc) is 3.64. The monoisotopic (exact) mass is 536 g/mol. The van der Waals surface area contributed by atoms with E-state index in [1.807, 2.05) is 24.5 Å². The predicted molar refractivity (Wildman–Crippen MR) is 152 cm³/mol. The molecule has 0 unspecified atom stereocenters. The van der Waals surface area contributed by atoms with E-state index in [-0.39, 0.29) is 11.8 Å². The zero-order valence-corrected chi connectivity index (χ0v) is 22.3. The van der Waals surface area contributed by atoms with Crippen LogP contribution in [0.2, 0.25) is 0 Å². The van der Waals surface area contributed by atoms with E-state index in [0.29, 0.717) is 31.6 Å². The van der Waals surface area contributed by atoms with Crippen molar-refractivity contribution in [1.82, 2.24) is 25.4 Å². The Morgan fingerprint density at radius 3 is 2.52 bits per heavy atom. The fraction of sp³-hybridized carbons (Fsp3) is 0.367. The molecule has 0 bridgehead atoms. The van der Waals surface area contributed by atoms with Gasteiger partial charge in [-0.3, -0.25) is 9.89 Å². The van der Waals surface area contributed by atoms with E-state index >= 15 is 0 Å². The molecule has 0 radical (unpaired) electrons. The number of aromatic amines is 1.